The molecule has 27 heavy (non-hydrogen) atoms. The molecule has 3 aromatic rings. The van der Waals surface area contributed by atoms with Gasteiger partial charge in [0.1, 0.15) is 0 Å². The van der Waals surface area contributed by atoms with Gasteiger partial charge in [0.15, 0.2) is 24.0 Å². The lowest BCUT2D eigenvalue weighted by atomic mass is 10.1. The molecule has 1 aromatic heterocycles. The molecule has 0 spiro atoms. The molecule has 3 rings (SSSR count). The predicted molar refractivity (Wildman–Crippen MR) is 93.5 cm³/mol. The standard InChI is InChI=1S/C20H16F2N2O3/c21-17-8-7-15(10-18(17)22)19(25)13-27-20(26)9-6-14-11-23-24(12-14)16-4-2-1-3-5-16/h1-5,7-8,10-12H,6,9,13H2. The van der Waals surface area contributed by atoms with Gasteiger partial charge in [-0.05, 0) is 42.3 Å². The Kier molecular flexibility index (Phi) is 5.71. The minimum atomic E-state index is -1.12. The van der Waals surface area contributed by atoms with E-state index in [1.165, 1.54) is 0 Å². The highest BCUT2D eigenvalue weighted by atomic mass is 19.2. The first kappa shape index (κ1) is 18.4. The smallest absolute Gasteiger partial charge is 0.306 e. The number of nitrogens with zero attached hydrogens (tertiary/aromatic N) is 2. The summed E-state index contributed by atoms with van der Waals surface area (Å²) in [7, 11) is 0. The van der Waals surface area contributed by atoms with Crippen LogP contribution >= 0.6 is 0 Å². The number of aromatic nitrogens is 2. The summed E-state index contributed by atoms with van der Waals surface area (Å²) in [6.07, 6.45) is 3.96. The van der Waals surface area contributed by atoms with Crippen molar-refractivity contribution in [1.29, 1.82) is 0 Å². The molecule has 0 fully saturated rings. The van der Waals surface area contributed by atoms with Gasteiger partial charge in [-0.2, -0.15) is 5.10 Å². The molecule has 0 N–H and O–H groups in total. The third kappa shape index (κ3) is 4.84. The van der Waals surface area contributed by atoms with Crippen LogP contribution in [0, 0.1) is 11.6 Å². The number of halogens is 2. The van der Waals surface area contributed by atoms with Crippen molar-refractivity contribution >= 4 is 11.8 Å². The number of benzene rings is 2. The van der Waals surface area contributed by atoms with Gasteiger partial charge in [-0.3, -0.25) is 9.59 Å². The van der Waals surface area contributed by atoms with Crippen LogP contribution in [0.1, 0.15) is 22.3 Å². The number of hydrogen-bond acceptors (Lipinski definition) is 4. The summed E-state index contributed by atoms with van der Waals surface area (Å²) >= 11 is 0. The summed E-state index contributed by atoms with van der Waals surface area (Å²) < 4.78 is 32.6. The molecule has 0 unspecified atom stereocenters. The lowest BCUT2D eigenvalue weighted by Crippen LogP contribution is -2.14. The van der Waals surface area contributed by atoms with Gasteiger partial charge in [-0.25, -0.2) is 13.5 Å². The van der Waals surface area contributed by atoms with E-state index >= 15 is 0 Å². The van der Waals surface area contributed by atoms with Crippen molar-refractivity contribution in [1.82, 2.24) is 9.78 Å². The monoisotopic (exact) mass is 370 g/mol. The summed E-state index contributed by atoms with van der Waals surface area (Å²) in [6.45, 7) is -0.521. The first-order chi connectivity index (χ1) is 13.0. The average Bonchev–Trinajstić information content (AvgIpc) is 3.16. The maximum absolute atomic E-state index is 13.1. The van der Waals surface area contributed by atoms with Gasteiger partial charge in [0.25, 0.3) is 0 Å². The lowest BCUT2D eigenvalue weighted by Gasteiger charge is -2.04. The minimum Gasteiger partial charge on any atom is -0.457 e. The number of rotatable bonds is 7. The number of ketones is 1. The van der Waals surface area contributed by atoms with Crippen LogP contribution in [-0.2, 0) is 16.0 Å². The molecule has 0 saturated heterocycles. The third-order valence-electron chi connectivity index (χ3n) is 3.88. The summed E-state index contributed by atoms with van der Waals surface area (Å²) in [5, 5.41) is 4.24. The number of hydrogen-bond donors (Lipinski definition) is 0. The second-order valence-electron chi connectivity index (χ2n) is 5.84. The summed E-state index contributed by atoms with van der Waals surface area (Å²) in [5.41, 5.74) is 1.71. The van der Waals surface area contributed by atoms with Gasteiger partial charge in [-0.15, -0.1) is 0 Å². The number of para-hydroxylation sites is 1. The summed E-state index contributed by atoms with van der Waals surface area (Å²) in [5.74, 6) is -3.32. The number of aryl methyl sites for hydroxylation is 1. The van der Waals surface area contributed by atoms with Gasteiger partial charge < -0.3 is 4.74 Å². The van der Waals surface area contributed by atoms with Crippen molar-refractivity contribution in [2.75, 3.05) is 6.61 Å². The largest absolute Gasteiger partial charge is 0.457 e. The Morgan fingerprint density at radius 3 is 2.56 bits per heavy atom. The molecule has 5 nitrogen and oxygen atoms in total. The highest BCUT2D eigenvalue weighted by molar-refractivity contribution is 5.97. The Labute approximate surface area is 154 Å². The van der Waals surface area contributed by atoms with E-state index in [2.05, 4.69) is 5.10 Å². The van der Waals surface area contributed by atoms with Crippen LogP contribution in [0.15, 0.2) is 60.9 Å². The first-order valence-corrected chi connectivity index (χ1v) is 8.26. The number of carbonyl (C=O) groups is 2. The van der Waals surface area contributed by atoms with Crippen LogP contribution in [0.4, 0.5) is 8.78 Å². The zero-order valence-corrected chi connectivity index (χ0v) is 14.3. The van der Waals surface area contributed by atoms with E-state index in [0.717, 1.165) is 29.4 Å². The van der Waals surface area contributed by atoms with E-state index < -0.39 is 30.0 Å². The van der Waals surface area contributed by atoms with Gasteiger partial charge >= 0.3 is 5.97 Å². The zero-order chi connectivity index (χ0) is 19.2. The fourth-order valence-electron chi connectivity index (χ4n) is 2.43. The molecule has 138 valence electrons. The SMILES string of the molecule is O=C(CCc1cnn(-c2ccccc2)c1)OCC(=O)c1ccc(F)c(F)c1. The molecule has 0 bridgehead atoms. The molecular formula is C20H16F2N2O3. The molecule has 0 aliphatic rings. The van der Waals surface area contributed by atoms with E-state index in [1.807, 2.05) is 36.5 Å². The van der Waals surface area contributed by atoms with Crippen LogP contribution in [0.25, 0.3) is 5.69 Å². The van der Waals surface area contributed by atoms with Crippen molar-refractivity contribution in [3.63, 3.8) is 0 Å². The molecule has 0 saturated carbocycles. The van der Waals surface area contributed by atoms with Crippen molar-refractivity contribution in [3.05, 3.63) is 83.7 Å². The maximum Gasteiger partial charge on any atom is 0.306 e. The van der Waals surface area contributed by atoms with E-state index in [9.17, 15) is 18.4 Å². The Balaban J connectivity index is 1.48. The van der Waals surface area contributed by atoms with Gasteiger partial charge in [0.2, 0.25) is 0 Å². The van der Waals surface area contributed by atoms with Gasteiger partial charge in [0.05, 0.1) is 11.9 Å². The first-order valence-electron chi connectivity index (χ1n) is 8.26. The van der Waals surface area contributed by atoms with Crippen LogP contribution in [-0.4, -0.2) is 28.1 Å². The molecule has 1 heterocycles. The van der Waals surface area contributed by atoms with Crippen LogP contribution in [0.2, 0.25) is 0 Å². The average molecular weight is 370 g/mol. The van der Waals surface area contributed by atoms with E-state index in [1.54, 1.807) is 10.9 Å². The normalized spacial score (nSPS) is 10.6. The molecule has 0 aliphatic heterocycles. The fraction of sp³-hybridized carbons (Fsp3) is 0.150. The van der Waals surface area contributed by atoms with Crippen LogP contribution < -0.4 is 0 Å². The Morgan fingerprint density at radius 1 is 1.04 bits per heavy atom. The third-order valence-corrected chi connectivity index (χ3v) is 3.88. The van der Waals surface area contributed by atoms with E-state index in [0.29, 0.717) is 6.42 Å². The molecule has 0 atom stereocenters. The van der Waals surface area contributed by atoms with Crippen molar-refractivity contribution in [2.45, 2.75) is 12.8 Å². The van der Waals surface area contributed by atoms with Gasteiger partial charge in [0, 0.05) is 18.2 Å². The second kappa shape index (κ2) is 8.35. The minimum absolute atomic E-state index is 0.0502. The molecule has 2 aromatic carbocycles. The number of Topliss-reactive ketones (excluding diaryl/α,β-unsaturated/α-hetero) is 1. The van der Waals surface area contributed by atoms with E-state index in [-0.39, 0.29) is 12.0 Å². The lowest BCUT2D eigenvalue weighted by molar-refractivity contribution is -0.142. The molecular weight excluding hydrogens is 354 g/mol. The highest BCUT2D eigenvalue weighted by Crippen LogP contribution is 2.11. The topological polar surface area (TPSA) is 61.2 Å². The predicted octanol–water partition coefficient (Wildman–Crippen LogP) is 3.51. The highest BCUT2D eigenvalue weighted by Gasteiger charge is 2.13. The van der Waals surface area contributed by atoms with Crippen LogP contribution in [0.5, 0.6) is 0 Å². The van der Waals surface area contributed by atoms with Gasteiger partial charge in [-0.1, -0.05) is 18.2 Å². The van der Waals surface area contributed by atoms with Crippen molar-refractivity contribution in [3.8, 4) is 5.69 Å². The Hall–Kier alpha value is -3.35. The van der Waals surface area contributed by atoms with Crippen molar-refractivity contribution < 1.29 is 23.1 Å². The summed E-state index contributed by atoms with van der Waals surface area (Å²) in [6, 6.07) is 12.3. The quantitative estimate of drug-likeness (QED) is 0.472. The molecule has 0 amide bonds. The van der Waals surface area contributed by atoms with Crippen molar-refractivity contribution in [2.24, 2.45) is 0 Å². The molecule has 0 aliphatic carbocycles. The van der Waals surface area contributed by atoms with E-state index in [4.69, 9.17) is 4.74 Å². The second-order valence-corrected chi connectivity index (χ2v) is 5.84. The number of carbonyl (C=O) groups excluding carboxylic acids is 2. The van der Waals surface area contributed by atoms with Crippen LogP contribution in [0.3, 0.4) is 0 Å². The Bertz CT molecular complexity index is 955. The number of ether oxygens (including phenoxy) is 1. The molecule has 7 heteroatoms. The molecule has 0 radical (unpaired) electrons. The maximum atomic E-state index is 13.1. The Morgan fingerprint density at radius 2 is 1.81 bits per heavy atom. The summed E-state index contributed by atoms with van der Waals surface area (Å²) in [4.78, 5) is 23.7. The number of esters is 1. The fourth-order valence-corrected chi connectivity index (χ4v) is 2.43. The zero-order valence-electron chi connectivity index (χ0n) is 14.3.